The predicted octanol–water partition coefficient (Wildman–Crippen LogP) is 0.920. The molecular weight excluding hydrogens is 234 g/mol. The summed E-state index contributed by atoms with van der Waals surface area (Å²) in [6.45, 7) is 7.28. The fraction of sp³-hybridized carbons (Fsp3) is 0.583. The van der Waals surface area contributed by atoms with Crippen LogP contribution >= 0.6 is 0 Å². The van der Waals surface area contributed by atoms with Crippen LogP contribution in [0.15, 0.2) is 6.20 Å². The number of aromatic nitrogens is 2. The minimum Gasteiger partial charge on any atom is -0.480 e. The third kappa shape index (κ3) is 3.09. The van der Waals surface area contributed by atoms with Crippen LogP contribution in [0.25, 0.3) is 0 Å². The summed E-state index contributed by atoms with van der Waals surface area (Å²) in [6, 6.07) is -0.925. The monoisotopic (exact) mass is 253 g/mol. The van der Waals surface area contributed by atoms with Gasteiger partial charge in [-0.05, 0) is 6.92 Å². The van der Waals surface area contributed by atoms with Gasteiger partial charge in [0.2, 0.25) is 0 Å². The zero-order valence-electron chi connectivity index (χ0n) is 11.3. The molecule has 18 heavy (non-hydrogen) atoms. The number of amides is 1. The van der Waals surface area contributed by atoms with Crippen LogP contribution in [0.4, 0.5) is 0 Å². The first-order valence-corrected chi connectivity index (χ1v) is 5.70. The molecule has 0 aliphatic heterocycles. The van der Waals surface area contributed by atoms with Gasteiger partial charge >= 0.3 is 5.97 Å². The molecule has 1 heterocycles. The molecule has 1 aromatic heterocycles. The van der Waals surface area contributed by atoms with Crippen molar-refractivity contribution in [1.82, 2.24) is 15.1 Å². The second-order valence-electron chi connectivity index (χ2n) is 5.35. The first-order chi connectivity index (χ1) is 8.12. The molecule has 0 bridgehead atoms. The Bertz CT molecular complexity index is 471. The third-order valence-corrected chi connectivity index (χ3v) is 2.50. The van der Waals surface area contributed by atoms with Gasteiger partial charge < -0.3 is 10.4 Å². The van der Waals surface area contributed by atoms with Crippen LogP contribution in [-0.4, -0.2) is 32.8 Å². The molecule has 0 unspecified atom stereocenters. The van der Waals surface area contributed by atoms with E-state index in [4.69, 9.17) is 5.11 Å². The molecule has 0 radical (unpaired) electrons. The average molecular weight is 253 g/mol. The molecule has 0 aliphatic carbocycles. The minimum absolute atomic E-state index is 0.277. The summed E-state index contributed by atoms with van der Waals surface area (Å²) < 4.78 is 1.56. The molecule has 0 aliphatic rings. The van der Waals surface area contributed by atoms with Crippen LogP contribution in [0.2, 0.25) is 0 Å². The number of nitrogens with zero attached hydrogens (tertiary/aromatic N) is 2. The summed E-state index contributed by atoms with van der Waals surface area (Å²) in [7, 11) is 1.73. The van der Waals surface area contributed by atoms with Crippen molar-refractivity contribution in [2.45, 2.75) is 39.2 Å². The smallest absolute Gasteiger partial charge is 0.325 e. The van der Waals surface area contributed by atoms with Gasteiger partial charge in [-0.3, -0.25) is 14.3 Å². The number of carboxylic acids is 1. The van der Waals surface area contributed by atoms with Crippen molar-refractivity contribution in [2.75, 3.05) is 0 Å². The molecule has 0 saturated heterocycles. The maximum absolute atomic E-state index is 12.0. The molecule has 6 nitrogen and oxygen atoms in total. The summed E-state index contributed by atoms with van der Waals surface area (Å²) in [5, 5.41) is 15.5. The number of carbonyl (C=O) groups is 2. The molecule has 0 spiro atoms. The van der Waals surface area contributed by atoms with Gasteiger partial charge in [-0.1, -0.05) is 20.8 Å². The number of rotatable bonds is 3. The summed E-state index contributed by atoms with van der Waals surface area (Å²) >= 11 is 0. The quantitative estimate of drug-likeness (QED) is 0.839. The van der Waals surface area contributed by atoms with E-state index in [0.717, 1.165) is 0 Å². The summed E-state index contributed by atoms with van der Waals surface area (Å²) in [5.74, 6) is -1.48. The van der Waals surface area contributed by atoms with E-state index in [1.807, 2.05) is 20.8 Å². The van der Waals surface area contributed by atoms with Gasteiger partial charge in [-0.15, -0.1) is 0 Å². The number of carboxylic acid groups (broad SMARTS) is 1. The fourth-order valence-electron chi connectivity index (χ4n) is 1.54. The molecule has 0 aromatic carbocycles. The third-order valence-electron chi connectivity index (χ3n) is 2.50. The van der Waals surface area contributed by atoms with Crippen molar-refractivity contribution < 1.29 is 14.7 Å². The number of carbonyl (C=O) groups excluding carboxylic acids is 1. The van der Waals surface area contributed by atoms with E-state index in [1.165, 1.54) is 6.92 Å². The van der Waals surface area contributed by atoms with Crippen molar-refractivity contribution in [2.24, 2.45) is 7.05 Å². The SMILES string of the molecule is C[C@@H](NC(=O)c1cn(C)nc1C(C)(C)C)C(=O)O. The Morgan fingerprint density at radius 1 is 1.44 bits per heavy atom. The first kappa shape index (κ1) is 14.2. The lowest BCUT2D eigenvalue weighted by atomic mass is 9.89. The maximum atomic E-state index is 12.0. The molecule has 1 rings (SSSR count). The van der Waals surface area contributed by atoms with Crippen LogP contribution in [0, 0.1) is 0 Å². The Kier molecular flexibility index (Phi) is 3.79. The van der Waals surface area contributed by atoms with Crippen molar-refractivity contribution in [1.29, 1.82) is 0 Å². The highest BCUT2D eigenvalue weighted by Gasteiger charge is 2.27. The Morgan fingerprint density at radius 3 is 2.44 bits per heavy atom. The Balaban J connectivity index is 3.03. The maximum Gasteiger partial charge on any atom is 0.325 e. The lowest BCUT2D eigenvalue weighted by Crippen LogP contribution is -2.39. The predicted molar refractivity (Wildman–Crippen MR) is 66.5 cm³/mol. The van der Waals surface area contributed by atoms with E-state index >= 15 is 0 Å². The van der Waals surface area contributed by atoms with E-state index in [9.17, 15) is 9.59 Å². The largest absolute Gasteiger partial charge is 0.480 e. The molecule has 1 aromatic rings. The Hall–Kier alpha value is -1.85. The topological polar surface area (TPSA) is 84.2 Å². The Labute approximate surface area is 106 Å². The second-order valence-corrected chi connectivity index (χ2v) is 5.35. The van der Waals surface area contributed by atoms with Crippen molar-refractivity contribution >= 4 is 11.9 Å². The zero-order valence-corrected chi connectivity index (χ0v) is 11.3. The van der Waals surface area contributed by atoms with Crippen molar-refractivity contribution in [3.63, 3.8) is 0 Å². The van der Waals surface area contributed by atoms with Gasteiger partial charge in [0.05, 0.1) is 11.3 Å². The Morgan fingerprint density at radius 2 is 2.00 bits per heavy atom. The molecule has 6 heteroatoms. The lowest BCUT2D eigenvalue weighted by Gasteiger charge is -2.17. The van der Waals surface area contributed by atoms with Crippen LogP contribution in [0.1, 0.15) is 43.7 Å². The number of aliphatic carboxylic acids is 1. The first-order valence-electron chi connectivity index (χ1n) is 5.70. The van der Waals surface area contributed by atoms with Crippen LogP contribution in [0.5, 0.6) is 0 Å². The minimum atomic E-state index is -1.07. The number of hydrogen-bond donors (Lipinski definition) is 2. The van der Waals surface area contributed by atoms with Gasteiger partial charge in [0.15, 0.2) is 0 Å². The van der Waals surface area contributed by atoms with E-state index < -0.39 is 17.9 Å². The molecule has 1 atom stereocenters. The number of aryl methyl sites for hydroxylation is 1. The van der Waals surface area contributed by atoms with E-state index in [0.29, 0.717) is 11.3 Å². The standard InChI is InChI=1S/C12H19N3O3/c1-7(11(17)18)13-10(16)8-6-15(5)14-9(8)12(2,3)4/h6-7H,1-5H3,(H,13,16)(H,17,18)/t7-/m1/s1. The van der Waals surface area contributed by atoms with E-state index in [2.05, 4.69) is 10.4 Å². The number of hydrogen-bond acceptors (Lipinski definition) is 3. The second kappa shape index (κ2) is 4.80. The van der Waals surface area contributed by atoms with Gasteiger partial charge in [0.1, 0.15) is 6.04 Å². The van der Waals surface area contributed by atoms with Gasteiger partial charge in [-0.25, -0.2) is 0 Å². The highest BCUT2D eigenvalue weighted by Crippen LogP contribution is 2.24. The van der Waals surface area contributed by atoms with E-state index in [-0.39, 0.29) is 5.41 Å². The van der Waals surface area contributed by atoms with E-state index in [1.54, 1.807) is 17.9 Å². The summed E-state index contributed by atoms with van der Waals surface area (Å²) in [6.07, 6.45) is 1.60. The summed E-state index contributed by atoms with van der Waals surface area (Å²) in [5.41, 5.74) is 0.790. The molecule has 0 saturated carbocycles. The normalized spacial score (nSPS) is 13.2. The number of nitrogens with one attached hydrogen (secondary N) is 1. The molecule has 100 valence electrons. The van der Waals surface area contributed by atoms with Crippen molar-refractivity contribution in [3.05, 3.63) is 17.5 Å². The molecule has 2 N–H and O–H groups in total. The molecule has 0 fully saturated rings. The van der Waals surface area contributed by atoms with Crippen molar-refractivity contribution in [3.8, 4) is 0 Å². The van der Waals surface area contributed by atoms with Crippen LogP contribution in [0.3, 0.4) is 0 Å². The highest BCUT2D eigenvalue weighted by molar-refractivity contribution is 5.97. The van der Waals surface area contributed by atoms with Crippen LogP contribution < -0.4 is 5.32 Å². The van der Waals surface area contributed by atoms with Gasteiger partial charge in [0, 0.05) is 18.7 Å². The summed E-state index contributed by atoms with van der Waals surface area (Å²) in [4.78, 5) is 22.7. The molecular formula is C12H19N3O3. The molecule has 1 amide bonds. The highest BCUT2D eigenvalue weighted by atomic mass is 16.4. The van der Waals surface area contributed by atoms with Crippen LogP contribution in [-0.2, 0) is 17.3 Å². The zero-order chi connectivity index (χ0) is 14.1. The van der Waals surface area contributed by atoms with Gasteiger partial charge in [-0.2, -0.15) is 5.10 Å². The lowest BCUT2D eigenvalue weighted by molar-refractivity contribution is -0.138. The average Bonchev–Trinajstić information content (AvgIpc) is 2.59. The fourth-order valence-corrected chi connectivity index (χ4v) is 1.54. The van der Waals surface area contributed by atoms with Gasteiger partial charge in [0.25, 0.3) is 5.91 Å².